The van der Waals surface area contributed by atoms with E-state index < -0.39 is 0 Å². The van der Waals surface area contributed by atoms with Gasteiger partial charge in [-0.2, -0.15) is 0 Å². The molecule has 0 aliphatic heterocycles. The number of hydrogen-bond acceptors (Lipinski definition) is 1. The van der Waals surface area contributed by atoms with Gasteiger partial charge in [0.05, 0.1) is 0 Å². The molecule has 0 amide bonds. The van der Waals surface area contributed by atoms with Gasteiger partial charge in [-0.05, 0) is 49.4 Å². The predicted molar refractivity (Wildman–Crippen MR) is 67.9 cm³/mol. The Morgan fingerprint density at radius 2 is 1.27 bits per heavy atom. The zero-order valence-electron chi connectivity index (χ0n) is 11.3. The highest BCUT2D eigenvalue weighted by atomic mass is 16.3. The summed E-state index contributed by atoms with van der Waals surface area (Å²) in [4.78, 5) is 0. The minimum Gasteiger partial charge on any atom is -0.396 e. The van der Waals surface area contributed by atoms with E-state index in [-0.39, 0.29) is 0 Å². The molecule has 0 aliphatic rings. The molecule has 0 aromatic carbocycles. The third-order valence-corrected chi connectivity index (χ3v) is 2.97. The highest BCUT2D eigenvalue weighted by Crippen LogP contribution is 2.27. The van der Waals surface area contributed by atoms with Crippen LogP contribution in [0.2, 0.25) is 0 Å². The van der Waals surface area contributed by atoms with Crippen LogP contribution in [0.3, 0.4) is 0 Å². The van der Waals surface area contributed by atoms with Crippen LogP contribution in [0, 0.1) is 23.7 Å². The van der Waals surface area contributed by atoms with Gasteiger partial charge < -0.3 is 5.11 Å². The van der Waals surface area contributed by atoms with Crippen LogP contribution in [0.15, 0.2) is 0 Å². The van der Waals surface area contributed by atoms with Crippen molar-refractivity contribution in [2.75, 3.05) is 6.61 Å². The molecule has 0 aromatic heterocycles. The number of hydrogen-bond donors (Lipinski definition) is 1. The summed E-state index contributed by atoms with van der Waals surface area (Å²) < 4.78 is 0. The van der Waals surface area contributed by atoms with E-state index in [9.17, 15) is 0 Å². The maximum Gasteiger partial charge on any atom is 0.0433 e. The molecule has 92 valence electrons. The second-order valence-corrected chi connectivity index (χ2v) is 5.98. The molecule has 1 nitrogen and oxygen atoms in total. The van der Waals surface area contributed by atoms with E-state index in [1.807, 2.05) is 0 Å². The molecule has 1 N–H and O–H groups in total. The third kappa shape index (κ3) is 8.92. The van der Waals surface area contributed by atoms with Crippen LogP contribution in [0.25, 0.3) is 0 Å². The van der Waals surface area contributed by atoms with E-state index in [1.165, 1.54) is 19.3 Å². The van der Waals surface area contributed by atoms with Gasteiger partial charge in [0.25, 0.3) is 0 Å². The Labute approximate surface area is 96.3 Å². The molecule has 1 heteroatoms. The molecule has 0 spiro atoms. The maximum absolute atomic E-state index is 8.91. The van der Waals surface area contributed by atoms with Gasteiger partial charge >= 0.3 is 0 Å². The Balaban J connectivity index is 3.99. The monoisotopic (exact) mass is 214 g/mol. The molecule has 0 aliphatic carbocycles. The largest absolute Gasteiger partial charge is 0.396 e. The molecular formula is C14H30O. The van der Waals surface area contributed by atoms with Crippen molar-refractivity contribution in [2.24, 2.45) is 23.7 Å². The molecule has 0 saturated heterocycles. The minimum atomic E-state index is 0.344. The van der Waals surface area contributed by atoms with Crippen molar-refractivity contribution >= 4 is 0 Å². The van der Waals surface area contributed by atoms with Gasteiger partial charge in [0.15, 0.2) is 0 Å². The van der Waals surface area contributed by atoms with E-state index in [2.05, 4.69) is 34.6 Å². The van der Waals surface area contributed by atoms with E-state index in [0.717, 1.165) is 24.2 Å². The van der Waals surface area contributed by atoms with Gasteiger partial charge in [-0.3, -0.25) is 0 Å². The third-order valence-electron chi connectivity index (χ3n) is 2.97. The Morgan fingerprint density at radius 1 is 0.800 bits per heavy atom. The lowest BCUT2D eigenvalue weighted by Gasteiger charge is -2.24. The van der Waals surface area contributed by atoms with Gasteiger partial charge in [0.2, 0.25) is 0 Å². The zero-order chi connectivity index (χ0) is 11.8. The molecule has 15 heavy (non-hydrogen) atoms. The smallest absolute Gasteiger partial charge is 0.0433 e. The molecule has 0 bridgehead atoms. The van der Waals surface area contributed by atoms with Gasteiger partial charge in [0.1, 0.15) is 0 Å². The molecule has 0 saturated carbocycles. The normalized spacial score (nSPS) is 14.2. The topological polar surface area (TPSA) is 20.2 Å². The van der Waals surface area contributed by atoms with Crippen LogP contribution >= 0.6 is 0 Å². The second kappa shape index (κ2) is 8.15. The molecule has 0 fully saturated rings. The second-order valence-electron chi connectivity index (χ2n) is 5.98. The van der Waals surface area contributed by atoms with E-state index in [0.29, 0.717) is 12.5 Å². The summed E-state index contributed by atoms with van der Waals surface area (Å²) in [5.74, 6) is 3.13. The fourth-order valence-electron chi connectivity index (χ4n) is 2.53. The first kappa shape index (κ1) is 15.0. The summed E-state index contributed by atoms with van der Waals surface area (Å²) in [6.45, 7) is 11.9. The van der Waals surface area contributed by atoms with Crippen molar-refractivity contribution in [3.05, 3.63) is 0 Å². The van der Waals surface area contributed by atoms with Gasteiger partial charge in [0, 0.05) is 6.61 Å². The van der Waals surface area contributed by atoms with Crippen molar-refractivity contribution in [1.82, 2.24) is 0 Å². The highest BCUT2D eigenvalue weighted by molar-refractivity contribution is 4.67. The lowest BCUT2D eigenvalue weighted by atomic mass is 9.82. The van der Waals surface area contributed by atoms with E-state index >= 15 is 0 Å². The van der Waals surface area contributed by atoms with Gasteiger partial charge in [-0.25, -0.2) is 0 Å². The first-order valence-corrected chi connectivity index (χ1v) is 6.56. The lowest BCUT2D eigenvalue weighted by molar-refractivity contribution is 0.227. The van der Waals surface area contributed by atoms with Crippen molar-refractivity contribution in [3.8, 4) is 0 Å². The van der Waals surface area contributed by atoms with Crippen LogP contribution in [0.1, 0.15) is 60.3 Å². The van der Waals surface area contributed by atoms with Crippen LogP contribution in [-0.2, 0) is 0 Å². The maximum atomic E-state index is 8.91. The Hall–Kier alpha value is -0.0400. The Kier molecular flexibility index (Phi) is 8.13. The molecule has 1 atom stereocenters. The average molecular weight is 214 g/mol. The van der Waals surface area contributed by atoms with Crippen LogP contribution < -0.4 is 0 Å². The summed E-state index contributed by atoms with van der Waals surface area (Å²) in [5, 5.41) is 8.91. The summed E-state index contributed by atoms with van der Waals surface area (Å²) in [5.41, 5.74) is 0. The summed E-state index contributed by atoms with van der Waals surface area (Å²) in [6.07, 6.45) is 4.94. The molecule has 0 radical (unpaired) electrons. The molecule has 0 heterocycles. The van der Waals surface area contributed by atoms with Crippen molar-refractivity contribution in [3.63, 3.8) is 0 Å². The molecule has 1 unspecified atom stereocenters. The van der Waals surface area contributed by atoms with Gasteiger partial charge in [-0.1, -0.05) is 34.6 Å². The first-order valence-electron chi connectivity index (χ1n) is 6.56. The standard InChI is InChI=1S/C14H30O/c1-11(2)8-14(9-12(3)4)10-13(5)6-7-15/h11-15H,6-10H2,1-5H3. The first-order chi connectivity index (χ1) is 6.95. The molecule has 0 aromatic rings. The summed E-state index contributed by atoms with van der Waals surface area (Å²) in [7, 11) is 0. The fourth-order valence-corrected chi connectivity index (χ4v) is 2.53. The predicted octanol–water partition coefficient (Wildman–Crippen LogP) is 4.10. The fraction of sp³-hybridized carbons (Fsp3) is 1.00. The zero-order valence-corrected chi connectivity index (χ0v) is 11.3. The Bertz CT molecular complexity index is 130. The average Bonchev–Trinajstić information content (AvgIpc) is 2.00. The van der Waals surface area contributed by atoms with E-state index in [1.54, 1.807) is 0 Å². The van der Waals surface area contributed by atoms with E-state index in [4.69, 9.17) is 5.11 Å². The number of aliphatic hydroxyl groups excluding tert-OH is 1. The lowest BCUT2D eigenvalue weighted by Crippen LogP contribution is -2.13. The minimum absolute atomic E-state index is 0.344. The quantitative estimate of drug-likeness (QED) is 0.645. The van der Waals surface area contributed by atoms with Crippen LogP contribution in [0.4, 0.5) is 0 Å². The molecular weight excluding hydrogens is 184 g/mol. The SMILES string of the molecule is CC(C)CC(CC(C)C)CC(C)CCO. The summed E-state index contributed by atoms with van der Waals surface area (Å²) >= 11 is 0. The number of rotatable bonds is 8. The summed E-state index contributed by atoms with van der Waals surface area (Å²) in [6, 6.07) is 0. The highest BCUT2D eigenvalue weighted by Gasteiger charge is 2.15. The molecule has 0 rings (SSSR count). The van der Waals surface area contributed by atoms with Crippen LogP contribution in [-0.4, -0.2) is 11.7 Å². The Morgan fingerprint density at radius 3 is 1.60 bits per heavy atom. The van der Waals surface area contributed by atoms with Crippen molar-refractivity contribution in [2.45, 2.75) is 60.3 Å². The van der Waals surface area contributed by atoms with Gasteiger partial charge in [-0.15, -0.1) is 0 Å². The van der Waals surface area contributed by atoms with Crippen molar-refractivity contribution in [1.29, 1.82) is 0 Å². The number of aliphatic hydroxyl groups is 1. The van der Waals surface area contributed by atoms with Crippen LogP contribution in [0.5, 0.6) is 0 Å². The van der Waals surface area contributed by atoms with Crippen molar-refractivity contribution < 1.29 is 5.11 Å².